The maximum atomic E-state index is 14.1. The lowest BCUT2D eigenvalue weighted by Gasteiger charge is -2.65. The molecule has 0 aromatic heterocycles. The molecule has 4 fully saturated rings. The number of Topliss-reactive ketones (excluding diaryl/α,β-unsaturated/α-hetero) is 1. The Balaban J connectivity index is 1.91. The van der Waals surface area contributed by atoms with Gasteiger partial charge in [0.2, 0.25) is 0 Å². The van der Waals surface area contributed by atoms with Crippen LogP contribution in [0.1, 0.15) is 64.7 Å². The van der Waals surface area contributed by atoms with E-state index in [2.05, 4.69) is 6.58 Å². The Labute approximate surface area is 283 Å². The Hall–Kier alpha value is -4.14. The minimum atomic E-state index is -2.48. The highest BCUT2D eigenvalue weighted by Gasteiger charge is 2.83. The largest absolute Gasteiger partial charge is 0.462 e. The summed E-state index contributed by atoms with van der Waals surface area (Å²) >= 11 is 0. The number of hydrogen-bond acceptors (Lipinski definition) is 14. The van der Waals surface area contributed by atoms with Crippen LogP contribution in [0.3, 0.4) is 0 Å². The molecule has 1 heterocycles. The smallest absolute Gasteiger partial charge is 0.338 e. The monoisotopic (exact) mass is 686 g/mol. The molecule has 4 bridgehead atoms. The summed E-state index contributed by atoms with van der Waals surface area (Å²) in [6.45, 7) is 10.4. The molecule has 0 radical (unpaired) electrons. The van der Waals surface area contributed by atoms with Crippen LogP contribution >= 0.6 is 0 Å². The number of benzene rings is 1. The number of ether oxygens (including phenoxy) is 6. The molecular weight excluding hydrogens is 644 g/mol. The standard InChI is InChI=1S/C35H42O14/c1-17-24(40)14-26(46-18(2)36)34(16-44-31(42)22-11-9-8-10-12-22)27(17)28(47-19(3)37)23-13-25(41)33(7)35(43,32(23,6)15-45-33)30(49-21(5)39)29(34)48-20(4)38/h8-12,23-24,26-30,40,43H,1,13-16H2,2-7H3/t23-,24-,26-,27-,28+,29-,30-,32-,33+,34+,35-/m0/s1. The van der Waals surface area contributed by atoms with E-state index in [1.165, 1.54) is 19.1 Å². The van der Waals surface area contributed by atoms with Crippen LogP contribution < -0.4 is 0 Å². The summed E-state index contributed by atoms with van der Waals surface area (Å²) in [7, 11) is 0. The van der Waals surface area contributed by atoms with Gasteiger partial charge in [-0.1, -0.05) is 31.7 Å². The zero-order chi connectivity index (χ0) is 36.3. The number of hydrogen-bond donors (Lipinski definition) is 2. The summed E-state index contributed by atoms with van der Waals surface area (Å²) in [5, 5.41) is 24.6. The van der Waals surface area contributed by atoms with Gasteiger partial charge in [-0.05, 0) is 24.6 Å². The van der Waals surface area contributed by atoms with Crippen molar-refractivity contribution < 1.29 is 67.4 Å². The molecule has 1 saturated heterocycles. The van der Waals surface area contributed by atoms with Gasteiger partial charge in [0.25, 0.3) is 0 Å². The lowest BCUT2D eigenvalue weighted by Crippen LogP contribution is -2.81. The van der Waals surface area contributed by atoms with Crippen molar-refractivity contribution in [3.8, 4) is 0 Å². The molecule has 4 aliphatic rings. The summed E-state index contributed by atoms with van der Waals surface area (Å²) in [5.41, 5.74) is -8.00. The van der Waals surface area contributed by atoms with Crippen molar-refractivity contribution >= 4 is 35.6 Å². The van der Waals surface area contributed by atoms with Gasteiger partial charge in [0.15, 0.2) is 23.6 Å². The molecule has 5 rings (SSSR count). The van der Waals surface area contributed by atoms with Crippen molar-refractivity contribution in [3.05, 3.63) is 48.0 Å². The number of fused-ring (bicyclic) bond motifs is 1. The van der Waals surface area contributed by atoms with Crippen LogP contribution in [0.15, 0.2) is 42.5 Å². The molecule has 14 heteroatoms. The van der Waals surface area contributed by atoms with Crippen molar-refractivity contribution in [1.82, 2.24) is 0 Å². The molecule has 3 aliphatic carbocycles. The van der Waals surface area contributed by atoms with E-state index in [4.69, 9.17) is 28.4 Å². The zero-order valence-electron chi connectivity index (χ0n) is 28.3. The van der Waals surface area contributed by atoms with E-state index in [1.807, 2.05) is 0 Å². The average Bonchev–Trinajstić information content (AvgIpc) is 3.16. The molecule has 1 aromatic carbocycles. The molecule has 1 aromatic rings. The van der Waals surface area contributed by atoms with Crippen LogP contribution in [-0.4, -0.2) is 101 Å². The van der Waals surface area contributed by atoms with Gasteiger partial charge in [-0.15, -0.1) is 0 Å². The summed E-state index contributed by atoms with van der Waals surface area (Å²) in [5.74, 6) is -7.53. The third-order valence-corrected chi connectivity index (χ3v) is 11.1. The Morgan fingerprint density at radius 2 is 1.47 bits per heavy atom. The number of carbonyl (C=O) groups is 6. The molecule has 11 atom stereocenters. The van der Waals surface area contributed by atoms with Crippen LogP contribution in [0.25, 0.3) is 0 Å². The number of esters is 5. The second-order valence-corrected chi connectivity index (χ2v) is 13.8. The first-order valence-electron chi connectivity index (χ1n) is 16.0. The van der Waals surface area contributed by atoms with Gasteiger partial charge in [0.05, 0.1) is 23.7 Å². The number of carbonyl (C=O) groups excluding carboxylic acids is 6. The Morgan fingerprint density at radius 3 is 2.04 bits per heavy atom. The zero-order valence-corrected chi connectivity index (χ0v) is 28.3. The molecule has 1 aliphatic heterocycles. The van der Waals surface area contributed by atoms with Crippen molar-refractivity contribution in [2.45, 2.75) is 96.1 Å². The maximum Gasteiger partial charge on any atom is 0.338 e. The quantitative estimate of drug-likeness (QED) is 0.238. The molecule has 14 nitrogen and oxygen atoms in total. The Kier molecular flexibility index (Phi) is 9.32. The topological polar surface area (TPSA) is 198 Å². The molecule has 266 valence electrons. The first-order chi connectivity index (χ1) is 22.8. The van der Waals surface area contributed by atoms with Crippen LogP contribution in [0.4, 0.5) is 0 Å². The second-order valence-electron chi connectivity index (χ2n) is 13.8. The van der Waals surface area contributed by atoms with Crippen LogP contribution in [0.5, 0.6) is 0 Å². The highest BCUT2D eigenvalue weighted by Crippen LogP contribution is 2.67. The molecule has 49 heavy (non-hydrogen) atoms. The molecule has 0 unspecified atom stereocenters. The third kappa shape index (κ3) is 5.44. The van der Waals surface area contributed by atoms with E-state index in [1.54, 1.807) is 25.1 Å². The molecular formula is C35H42O14. The van der Waals surface area contributed by atoms with E-state index >= 15 is 0 Å². The first-order valence-corrected chi connectivity index (χ1v) is 16.0. The van der Waals surface area contributed by atoms with E-state index in [0.717, 1.165) is 27.7 Å². The van der Waals surface area contributed by atoms with Crippen molar-refractivity contribution in [2.24, 2.45) is 22.7 Å². The lowest BCUT2D eigenvalue weighted by molar-refractivity contribution is -0.302. The predicted molar refractivity (Wildman–Crippen MR) is 165 cm³/mol. The summed E-state index contributed by atoms with van der Waals surface area (Å²) in [6, 6.07) is 7.88. The van der Waals surface area contributed by atoms with Crippen molar-refractivity contribution in [3.63, 3.8) is 0 Å². The molecule has 0 spiro atoms. The van der Waals surface area contributed by atoms with E-state index in [9.17, 15) is 39.0 Å². The number of aliphatic hydroxyl groups excluding tert-OH is 1. The minimum Gasteiger partial charge on any atom is -0.462 e. The van der Waals surface area contributed by atoms with Crippen molar-refractivity contribution in [1.29, 1.82) is 0 Å². The summed E-state index contributed by atoms with van der Waals surface area (Å²) in [4.78, 5) is 79.4. The van der Waals surface area contributed by atoms with Gasteiger partial charge < -0.3 is 38.6 Å². The number of rotatable bonds is 7. The third-order valence-electron chi connectivity index (χ3n) is 11.1. The van der Waals surface area contributed by atoms with Gasteiger partial charge in [-0.2, -0.15) is 0 Å². The normalized spacial score (nSPS) is 39.4. The van der Waals surface area contributed by atoms with Crippen LogP contribution in [0.2, 0.25) is 0 Å². The lowest BCUT2D eigenvalue weighted by atomic mass is 9.43. The Bertz CT molecular complexity index is 1570. The summed E-state index contributed by atoms with van der Waals surface area (Å²) in [6.07, 6.45) is -8.88. The molecule has 3 saturated carbocycles. The van der Waals surface area contributed by atoms with Gasteiger partial charge in [-0.25, -0.2) is 4.79 Å². The van der Waals surface area contributed by atoms with Crippen LogP contribution in [0, 0.1) is 22.7 Å². The fourth-order valence-corrected chi connectivity index (χ4v) is 8.86. The fraction of sp³-hybridized carbons (Fsp3) is 0.600. The second kappa shape index (κ2) is 12.6. The number of aliphatic hydroxyl groups is 2. The fourth-order valence-electron chi connectivity index (χ4n) is 8.86. The summed E-state index contributed by atoms with van der Waals surface area (Å²) < 4.78 is 35.8. The average molecular weight is 687 g/mol. The van der Waals surface area contributed by atoms with E-state index in [0.29, 0.717) is 0 Å². The first kappa shape index (κ1) is 36.1. The van der Waals surface area contributed by atoms with Crippen molar-refractivity contribution in [2.75, 3.05) is 13.2 Å². The van der Waals surface area contributed by atoms with E-state index in [-0.39, 0.29) is 30.6 Å². The van der Waals surface area contributed by atoms with Gasteiger partial charge in [-0.3, -0.25) is 24.0 Å². The number of ketones is 1. The predicted octanol–water partition coefficient (Wildman–Crippen LogP) is 1.62. The maximum absolute atomic E-state index is 14.1. The van der Waals surface area contributed by atoms with Gasteiger partial charge in [0, 0.05) is 57.8 Å². The van der Waals surface area contributed by atoms with E-state index < -0.39 is 107 Å². The molecule has 0 amide bonds. The molecule has 2 N–H and O–H groups in total. The highest BCUT2D eigenvalue weighted by molar-refractivity contribution is 5.91. The minimum absolute atomic E-state index is 0.0119. The van der Waals surface area contributed by atoms with Gasteiger partial charge >= 0.3 is 29.8 Å². The highest BCUT2D eigenvalue weighted by atomic mass is 16.6. The van der Waals surface area contributed by atoms with Gasteiger partial charge in [0.1, 0.15) is 24.4 Å². The van der Waals surface area contributed by atoms with Crippen LogP contribution in [-0.2, 0) is 52.4 Å². The SMILES string of the molecule is C=C1[C@@H](O)C[C@H](OC(C)=O)[C@@]2(COC(=O)c3ccccc3)[C@@H](OC(C)=O)[C@H](OC(C)=O)[C@]3(O)[C@@]4(C)CO[C@]3(C)C(=O)C[C@H]4[C@@H](OC(C)=O)[C@H]12. The Morgan fingerprint density at radius 1 is 0.898 bits per heavy atom.